The summed E-state index contributed by atoms with van der Waals surface area (Å²) in [7, 11) is 2.07. The summed E-state index contributed by atoms with van der Waals surface area (Å²) in [6.07, 6.45) is 19.7. The number of aryl methyl sites for hydroxylation is 2. The smallest absolute Gasteiger partial charge is 0.168 e. The molecule has 1 aromatic heterocycles. The van der Waals surface area contributed by atoms with Gasteiger partial charge in [-0.05, 0) is 18.4 Å². The van der Waals surface area contributed by atoms with E-state index in [0.717, 1.165) is 0 Å². The summed E-state index contributed by atoms with van der Waals surface area (Å²) in [6, 6.07) is 4.49. The lowest BCUT2D eigenvalue weighted by Gasteiger charge is -2.02. The number of nitrogens with zero attached hydrogens (tertiary/aromatic N) is 1. The second-order valence-electron chi connectivity index (χ2n) is 5.80. The molecule has 0 unspecified atom stereocenters. The standard InChI is InChI=1S/C18H32N.H2O/c1-3-4-5-6-7-8-9-10-11-12-13-18-14-16-19(2)17-15-18;/h14-17H,3-13H2,1-2H3;1H2/q+1;/p-1. The molecule has 0 spiro atoms. The minimum atomic E-state index is 0. The summed E-state index contributed by atoms with van der Waals surface area (Å²) in [4.78, 5) is 0. The van der Waals surface area contributed by atoms with Gasteiger partial charge < -0.3 is 5.48 Å². The number of rotatable bonds is 11. The summed E-state index contributed by atoms with van der Waals surface area (Å²) in [5, 5.41) is 0. The van der Waals surface area contributed by atoms with Crippen LogP contribution in [-0.4, -0.2) is 5.48 Å². The van der Waals surface area contributed by atoms with Crippen LogP contribution in [0.5, 0.6) is 0 Å². The van der Waals surface area contributed by atoms with Crippen LogP contribution in [0.4, 0.5) is 0 Å². The summed E-state index contributed by atoms with van der Waals surface area (Å²) < 4.78 is 2.10. The maximum absolute atomic E-state index is 2.28. The zero-order chi connectivity index (χ0) is 13.8. The van der Waals surface area contributed by atoms with Crippen molar-refractivity contribution in [2.75, 3.05) is 0 Å². The lowest BCUT2D eigenvalue weighted by molar-refractivity contribution is -0.671. The number of pyridine rings is 1. The van der Waals surface area contributed by atoms with E-state index in [1.165, 1.54) is 76.2 Å². The SMILES string of the molecule is CCCCCCCCCCCCc1cc[n+](C)cc1.[OH-]. The van der Waals surface area contributed by atoms with Gasteiger partial charge in [-0.1, -0.05) is 64.7 Å². The summed E-state index contributed by atoms with van der Waals surface area (Å²) >= 11 is 0. The van der Waals surface area contributed by atoms with Crippen molar-refractivity contribution in [1.29, 1.82) is 0 Å². The van der Waals surface area contributed by atoms with Gasteiger partial charge in [0.1, 0.15) is 7.05 Å². The first kappa shape index (κ1) is 19.1. The molecule has 0 bridgehead atoms. The molecule has 0 aromatic carbocycles. The van der Waals surface area contributed by atoms with Crippen LogP contribution < -0.4 is 4.57 Å². The molecule has 2 nitrogen and oxygen atoms in total. The van der Waals surface area contributed by atoms with Crippen LogP contribution in [0.25, 0.3) is 0 Å². The minimum absolute atomic E-state index is 0. The Bertz CT molecular complexity index is 308. The molecule has 0 amide bonds. The Labute approximate surface area is 125 Å². The maximum atomic E-state index is 2.28. The highest BCUT2D eigenvalue weighted by atomic mass is 16.0. The van der Waals surface area contributed by atoms with Gasteiger partial charge in [0.15, 0.2) is 12.4 Å². The number of unbranched alkanes of at least 4 members (excludes halogenated alkanes) is 9. The van der Waals surface area contributed by atoms with E-state index in [1.807, 2.05) is 0 Å². The van der Waals surface area contributed by atoms with E-state index in [4.69, 9.17) is 0 Å². The van der Waals surface area contributed by atoms with Crippen molar-refractivity contribution in [2.45, 2.75) is 77.6 Å². The minimum Gasteiger partial charge on any atom is -0.870 e. The van der Waals surface area contributed by atoms with Crippen molar-refractivity contribution in [3.63, 3.8) is 0 Å². The van der Waals surface area contributed by atoms with Gasteiger partial charge in [-0.25, -0.2) is 4.57 Å². The fourth-order valence-electron chi connectivity index (χ4n) is 2.52. The normalized spacial score (nSPS) is 10.3. The monoisotopic (exact) mass is 279 g/mol. The molecule has 116 valence electrons. The number of hydrogen-bond acceptors (Lipinski definition) is 1. The van der Waals surface area contributed by atoms with E-state index in [0.29, 0.717) is 0 Å². The lowest BCUT2D eigenvalue weighted by Crippen LogP contribution is -2.25. The molecule has 0 saturated heterocycles. The fourth-order valence-corrected chi connectivity index (χ4v) is 2.52. The fraction of sp³-hybridized carbons (Fsp3) is 0.722. The molecule has 0 atom stereocenters. The Morgan fingerprint density at radius 1 is 0.750 bits per heavy atom. The first-order valence-electron chi connectivity index (χ1n) is 8.27. The molecule has 2 heteroatoms. The third-order valence-electron chi connectivity index (χ3n) is 3.87. The molecule has 1 rings (SSSR count). The Morgan fingerprint density at radius 2 is 1.20 bits per heavy atom. The highest BCUT2D eigenvalue weighted by molar-refractivity contribution is 5.06. The van der Waals surface area contributed by atoms with Crippen LogP contribution in [0.3, 0.4) is 0 Å². The first-order chi connectivity index (χ1) is 9.33. The van der Waals surface area contributed by atoms with Crippen molar-refractivity contribution in [3.05, 3.63) is 30.1 Å². The summed E-state index contributed by atoms with van der Waals surface area (Å²) in [5.74, 6) is 0. The average Bonchev–Trinajstić information content (AvgIpc) is 2.43. The van der Waals surface area contributed by atoms with Gasteiger partial charge in [0.25, 0.3) is 0 Å². The molecule has 0 fully saturated rings. The molecular weight excluding hydrogens is 246 g/mol. The van der Waals surface area contributed by atoms with E-state index in [-0.39, 0.29) is 5.48 Å². The zero-order valence-electron chi connectivity index (χ0n) is 13.5. The van der Waals surface area contributed by atoms with E-state index in [1.54, 1.807) is 0 Å². The Kier molecular flexibility index (Phi) is 12.5. The van der Waals surface area contributed by atoms with Crippen LogP contribution in [0.15, 0.2) is 24.5 Å². The van der Waals surface area contributed by atoms with Crippen molar-refractivity contribution in [3.8, 4) is 0 Å². The highest BCUT2D eigenvalue weighted by Crippen LogP contribution is 2.11. The topological polar surface area (TPSA) is 33.9 Å². The van der Waals surface area contributed by atoms with E-state index < -0.39 is 0 Å². The third-order valence-corrected chi connectivity index (χ3v) is 3.87. The quantitative estimate of drug-likeness (QED) is 0.423. The predicted octanol–water partition coefficient (Wildman–Crippen LogP) is 4.80. The zero-order valence-corrected chi connectivity index (χ0v) is 13.5. The van der Waals surface area contributed by atoms with Gasteiger partial charge in [0, 0.05) is 12.1 Å². The molecule has 0 radical (unpaired) electrons. The van der Waals surface area contributed by atoms with Crippen LogP contribution >= 0.6 is 0 Å². The van der Waals surface area contributed by atoms with E-state index in [2.05, 4.69) is 43.1 Å². The number of hydrogen-bond donors (Lipinski definition) is 0. The van der Waals surface area contributed by atoms with Gasteiger partial charge in [0.05, 0.1) is 0 Å². The molecular formula is C18H33NO. The molecule has 0 aliphatic heterocycles. The lowest BCUT2D eigenvalue weighted by atomic mass is 10.0. The van der Waals surface area contributed by atoms with E-state index in [9.17, 15) is 0 Å². The third kappa shape index (κ3) is 9.96. The largest absolute Gasteiger partial charge is 0.870 e. The first-order valence-corrected chi connectivity index (χ1v) is 8.27. The highest BCUT2D eigenvalue weighted by Gasteiger charge is 1.97. The molecule has 1 heterocycles. The molecule has 1 aromatic rings. The second-order valence-corrected chi connectivity index (χ2v) is 5.80. The van der Waals surface area contributed by atoms with Crippen LogP contribution in [0, 0.1) is 0 Å². The van der Waals surface area contributed by atoms with Crippen LogP contribution in [0.1, 0.15) is 76.7 Å². The second kappa shape index (κ2) is 13.1. The summed E-state index contributed by atoms with van der Waals surface area (Å²) in [6.45, 7) is 2.28. The molecule has 0 aliphatic carbocycles. The molecule has 0 saturated carbocycles. The van der Waals surface area contributed by atoms with Crippen molar-refractivity contribution in [2.24, 2.45) is 7.05 Å². The van der Waals surface area contributed by atoms with E-state index >= 15 is 0 Å². The van der Waals surface area contributed by atoms with Crippen molar-refractivity contribution >= 4 is 0 Å². The Morgan fingerprint density at radius 3 is 1.70 bits per heavy atom. The molecule has 0 aliphatic rings. The molecule has 20 heavy (non-hydrogen) atoms. The maximum Gasteiger partial charge on any atom is 0.168 e. The van der Waals surface area contributed by atoms with Crippen molar-refractivity contribution in [1.82, 2.24) is 0 Å². The van der Waals surface area contributed by atoms with Gasteiger partial charge in [-0.15, -0.1) is 0 Å². The Balaban J connectivity index is 0.00000361. The van der Waals surface area contributed by atoms with Crippen LogP contribution in [0.2, 0.25) is 0 Å². The van der Waals surface area contributed by atoms with Crippen molar-refractivity contribution < 1.29 is 10.0 Å². The van der Waals surface area contributed by atoms with Gasteiger partial charge in [-0.3, -0.25) is 0 Å². The van der Waals surface area contributed by atoms with Crippen LogP contribution in [-0.2, 0) is 13.5 Å². The Hall–Kier alpha value is -0.890. The van der Waals surface area contributed by atoms with Gasteiger partial charge in [-0.2, -0.15) is 0 Å². The average molecular weight is 279 g/mol. The molecule has 1 N–H and O–H groups in total. The predicted molar refractivity (Wildman–Crippen MR) is 85.1 cm³/mol. The van der Waals surface area contributed by atoms with Gasteiger partial charge in [0.2, 0.25) is 0 Å². The summed E-state index contributed by atoms with van der Waals surface area (Å²) in [5.41, 5.74) is 1.48. The van der Waals surface area contributed by atoms with Gasteiger partial charge >= 0.3 is 0 Å². The number of aromatic nitrogens is 1.